The van der Waals surface area contributed by atoms with E-state index in [1.54, 1.807) is 30.0 Å². The van der Waals surface area contributed by atoms with Crippen LogP contribution in [0.1, 0.15) is 4.88 Å². The Morgan fingerprint density at radius 2 is 1.97 bits per heavy atom. The molecular weight excluding hydrogens is 390 g/mol. The van der Waals surface area contributed by atoms with Gasteiger partial charge in [0.1, 0.15) is 5.75 Å². The lowest BCUT2D eigenvalue weighted by Crippen LogP contribution is -2.46. The summed E-state index contributed by atoms with van der Waals surface area (Å²) in [6, 6.07) is 14.5. The van der Waals surface area contributed by atoms with Gasteiger partial charge in [0.2, 0.25) is 0 Å². The maximum Gasteiger partial charge on any atom is 0.322 e. The van der Waals surface area contributed by atoms with Crippen molar-refractivity contribution in [2.24, 2.45) is 0 Å². The Labute approximate surface area is 169 Å². The van der Waals surface area contributed by atoms with E-state index in [0.29, 0.717) is 16.0 Å². The molecule has 2 aromatic heterocycles. The number of ether oxygens (including phenoxy) is 1. The second-order valence-electron chi connectivity index (χ2n) is 7.00. The molecule has 3 heterocycles. The summed E-state index contributed by atoms with van der Waals surface area (Å²) >= 11 is 1.45. The first-order valence-corrected chi connectivity index (χ1v) is 9.80. The van der Waals surface area contributed by atoms with Crippen LogP contribution in [0, 0.1) is 0 Å². The van der Waals surface area contributed by atoms with Gasteiger partial charge in [0.15, 0.2) is 11.4 Å². The molecule has 1 aliphatic heterocycles. The Hall–Kier alpha value is -3.52. The quantitative estimate of drug-likeness (QED) is 0.453. The van der Waals surface area contributed by atoms with Gasteiger partial charge in [-0.1, -0.05) is 18.2 Å². The number of rotatable bonds is 4. The third-order valence-electron chi connectivity index (χ3n) is 5.26. The number of aromatic nitrogens is 1. The largest absolute Gasteiger partial charge is 0.497 e. The van der Waals surface area contributed by atoms with E-state index in [1.165, 1.54) is 11.3 Å². The fourth-order valence-electron chi connectivity index (χ4n) is 3.77. The number of fused-ring (bicyclic) bond motifs is 2. The Morgan fingerprint density at radius 1 is 1.14 bits per heavy atom. The summed E-state index contributed by atoms with van der Waals surface area (Å²) in [7, 11) is 1.56. The minimum Gasteiger partial charge on any atom is -0.497 e. The van der Waals surface area contributed by atoms with Gasteiger partial charge in [-0.3, -0.25) is 10.1 Å². The second-order valence-corrected chi connectivity index (χ2v) is 8.08. The van der Waals surface area contributed by atoms with Crippen molar-refractivity contribution < 1.29 is 19.4 Å². The summed E-state index contributed by atoms with van der Waals surface area (Å²) in [4.78, 5) is 25.7. The minimum absolute atomic E-state index is 0.00772. The van der Waals surface area contributed by atoms with Gasteiger partial charge in [0, 0.05) is 26.5 Å². The molecule has 7 nitrogen and oxygen atoms in total. The number of carbonyl (C=O) groups excluding carboxylic acids is 2. The summed E-state index contributed by atoms with van der Waals surface area (Å²) in [6.45, 7) is 0.0558. The van der Waals surface area contributed by atoms with Crippen LogP contribution >= 0.6 is 11.3 Å². The predicted octanol–water partition coefficient (Wildman–Crippen LogP) is 3.31. The molecule has 1 fully saturated rings. The molecule has 8 heteroatoms. The zero-order chi connectivity index (χ0) is 20.2. The number of thiophene rings is 1. The molecule has 2 aromatic carbocycles. The van der Waals surface area contributed by atoms with E-state index in [0.717, 1.165) is 15.5 Å². The van der Waals surface area contributed by atoms with Gasteiger partial charge < -0.3 is 19.7 Å². The normalized spacial score (nSPS) is 18.9. The highest BCUT2D eigenvalue weighted by Gasteiger charge is 2.49. The Bertz CT molecular complexity index is 1260. The summed E-state index contributed by atoms with van der Waals surface area (Å²) < 4.78 is 7.83. The molecule has 1 aliphatic rings. The molecule has 1 unspecified atom stereocenters. The SMILES string of the molecule is COc1ccc2cn(CC3(c4cc5ccccc5s4)NC(=O)NC3=O)c(O)c2c1. The second kappa shape index (κ2) is 6.25. The molecule has 0 spiro atoms. The molecule has 0 aliphatic carbocycles. The van der Waals surface area contributed by atoms with Crippen LogP contribution in [0.4, 0.5) is 4.79 Å². The Morgan fingerprint density at radius 3 is 2.69 bits per heavy atom. The number of methoxy groups -OCH3 is 1. The van der Waals surface area contributed by atoms with Crippen molar-refractivity contribution in [2.45, 2.75) is 12.1 Å². The first kappa shape index (κ1) is 17.6. The average Bonchev–Trinajstić information content (AvgIpc) is 3.36. The fourth-order valence-corrected chi connectivity index (χ4v) is 4.97. The van der Waals surface area contributed by atoms with Crippen LogP contribution in [-0.4, -0.2) is 28.7 Å². The number of aromatic hydroxyl groups is 1. The van der Waals surface area contributed by atoms with Gasteiger partial charge >= 0.3 is 6.03 Å². The van der Waals surface area contributed by atoms with Crippen molar-refractivity contribution in [1.29, 1.82) is 0 Å². The molecule has 0 radical (unpaired) electrons. The number of urea groups is 1. The monoisotopic (exact) mass is 407 g/mol. The molecule has 146 valence electrons. The Balaban J connectivity index is 1.65. The highest BCUT2D eigenvalue weighted by atomic mass is 32.1. The smallest absolute Gasteiger partial charge is 0.322 e. The van der Waals surface area contributed by atoms with Crippen molar-refractivity contribution in [1.82, 2.24) is 15.2 Å². The van der Waals surface area contributed by atoms with Crippen molar-refractivity contribution >= 4 is 44.1 Å². The van der Waals surface area contributed by atoms with Crippen LogP contribution in [0.25, 0.3) is 20.9 Å². The molecule has 5 rings (SSSR count). The lowest BCUT2D eigenvalue weighted by atomic mass is 9.97. The molecule has 0 saturated carbocycles. The highest BCUT2D eigenvalue weighted by molar-refractivity contribution is 7.19. The number of amides is 3. The molecule has 3 amide bonds. The first-order chi connectivity index (χ1) is 14.0. The van der Waals surface area contributed by atoms with Gasteiger partial charge in [-0.2, -0.15) is 0 Å². The number of hydrogen-bond donors (Lipinski definition) is 3. The summed E-state index contributed by atoms with van der Waals surface area (Å²) in [5.41, 5.74) is -1.31. The van der Waals surface area contributed by atoms with Crippen LogP contribution in [0.5, 0.6) is 11.6 Å². The summed E-state index contributed by atoms with van der Waals surface area (Å²) in [6.07, 6.45) is 1.76. The van der Waals surface area contributed by atoms with E-state index in [9.17, 15) is 14.7 Å². The van der Waals surface area contributed by atoms with Crippen molar-refractivity contribution in [2.75, 3.05) is 7.11 Å². The van der Waals surface area contributed by atoms with Crippen LogP contribution in [0.15, 0.2) is 54.7 Å². The lowest BCUT2D eigenvalue weighted by Gasteiger charge is -2.25. The van der Waals surface area contributed by atoms with E-state index >= 15 is 0 Å². The van der Waals surface area contributed by atoms with Gasteiger partial charge in [-0.15, -0.1) is 11.3 Å². The van der Waals surface area contributed by atoms with Crippen molar-refractivity contribution in [3.63, 3.8) is 0 Å². The minimum atomic E-state index is -1.31. The van der Waals surface area contributed by atoms with Crippen molar-refractivity contribution in [3.8, 4) is 11.6 Å². The zero-order valence-corrected chi connectivity index (χ0v) is 16.2. The van der Waals surface area contributed by atoms with Crippen molar-refractivity contribution in [3.05, 3.63) is 59.6 Å². The topological polar surface area (TPSA) is 92.6 Å². The Kier molecular flexibility index (Phi) is 3.78. The number of imide groups is 1. The fraction of sp³-hybridized carbons (Fsp3) is 0.143. The van der Waals surface area contributed by atoms with E-state index in [-0.39, 0.29) is 12.4 Å². The van der Waals surface area contributed by atoms with Crippen LogP contribution in [0.2, 0.25) is 0 Å². The van der Waals surface area contributed by atoms with E-state index in [1.807, 2.05) is 36.4 Å². The molecule has 3 N–H and O–H groups in total. The third-order valence-corrected chi connectivity index (χ3v) is 6.54. The number of carbonyl (C=O) groups is 2. The maximum absolute atomic E-state index is 12.9. The summed E-state index contributed by atoms with van der Waals surface area (Å²) in [5.74, 6) is 0.189. The van der Waals surface area contributed by atoms with E-state index < -0.39 is 17.5 Å². The van der Waals surface area contributed by atoms with E-state index in [2.05, 4.69) is 10.6 Å². The predicted molar refractivity (Wildman–Crippen MR) is 110 cm³/mol. The standard InChI is InChI=1S/C21H17N3O4S/c1-28-14-7-6-13-10-24(18(25)15(13)9-14)11-21(19(26)22-20(27)23-21)17-8-12-4-2-3-5-16(12)29-17/h2-10,25H,11H2,1H3,(H2,22,23,26,27). The molecular formula is C21H17N3O4S. The number of benzene rings is 2. The van der Waals surface area contributed by atoms with Gasteiger partial charge in [-0.05, 0) is 35.7 Å². The molecule has 0 bridgehead atoms. The summed E-state index contributed by atoms with van der Waals surface area (Å²) in [5, 5.41) is 18.3. The number of nitrogens with one attached hydrogen (secondary N) is 2. The molecule has 4 aromatic rings. The van der Waals surface area contributed by atoms with Gasteiger partial charge in [0.25, 0.3) is 5.91 Å². The number of nitrogens with zero attached hydrogens (tertiary/aromatic N) is 1. The highest BCUT2D eigenvalue weighted by Crippen LogP contribution is 2.39. The third kappa shape index (κ3) is 2.64. The molecule has 29 heavy (non-hydrogen) atoms. The van der Waals surface area contributed by atoms with Crippen LogP contribution in [-0.2, 0) is 16.9 Å². The van der Waals surface area contributed by atoms with Crippen LogP contribution < -0.4 is 15.4 Å². The van der Waals surface area contributed by atoms with Gasteiger partial charge in [-0.25, -0.2) is 4.79 Å². The maximum atomic E-state index is 12.9. The van der Waals surface area contributed by atoms with Gasteiger partial charge in [0.05, 0.1) is 13.7 Å². The first-order valence-electron chi connectivity index (χ1n) is 8.99. The molecule has 1 atom stereocenters. The lowest BCUT2D eigenvalue weighted by molar-refractivity contribution is -0.124. The zero-order valence-electron chi connectivity index (χ0n) is 15.4. The number of hydrogen-bond acceptors (Lipinski definition) is 5. The van der Waals surface area contributed by atoms with E-state index in [4.69, 9.17) is 4.74 Å². The average molecular weight is 407 g/mol. The molecule has 1 saturated heterocycles. The van der Waals surface area contributed by atoms with Crippen LogP contribution in [0.3, 0.4) is 0 Å².